The summed E-state index contributed by atoms with van der Waals surface area (Å²) in [5.41, 5.74) is -1.30. The van der Waals surface area contributed by atoms with E-state index in [2.05, 4.69) is 4.72 Å². The fourth-order valence-electron chi connectivity index (χ4n) is 1.62. The van der Waals surface area contributed by atoms with E-state index in [1.54, 1.807) is 0 Å². The van der Waals surface area contributed by atoms with Gasteiger partial charge in [-0.15, -0.1) is 0 Å². The van der Waals surface area contributed by atoms with Crippen LogP contribution < -0.4 is 4.72 Å². The van der Waals surface area contributed by atoms with E-state index >= 15 is 0 Å². The number of nitro benzene ring substituents is 2. The van der Waals surface area contributed by atoms with Gasteiger partial charge >= 0.3 is 0 Å². The summed E-state index contributed by atoms with van der Waals surface area (Å²) in [6, 6.07) is 2.30. The van der Waals surface area contributed by atoms with Crippen molar-refractivity contribution in [2.24, 2.45) is 0 Å². The normalized spacial score (nSPS) is 11.6. The summed E-state index contributed by atoms with van der Waals surface area (Å²) in [5, 5.41) is 21.5. The summed E-state index contributed by atoms with van der Waals surface area (Å²) in [5.74, 6) is 0. The number of nitrogens with one attached hydrogen (secondary N) is 1. The first-order valence-corrected chi connectivity index (χ1v) is 7.70. The highest BCUT2D eigenvalue weighted by molar-refractivity contribution is 7.89. The molecule has 0 aliphatic carbocycles. The van der Waals surface area contributed by atoms with Crippen molar-refractivity contribution in [2.75, 3.05) is 27.2 Å². The van der Waals surface area contributed by atoms with Gasteiger partial charge in [0.15, 0.2) is 0 Å². The molecule has 0 saturated carbocycles. The molecule has 0 fully saturated rings. The number of nitro groups is 2. The SMILES string of the molecule is CN(C)CCCNS(=O)(=O)c1cc([N+](=O)[O-])cc([N+](=O)[O-])c1. The number of non-ortho nitro benzene ring substituents is 2. The van der Waals surface area contributed by atoms with E-state index in [1.807, 2.05) is 19.0 Å². The minimum absolute atomic E-state index is 0.122. The molecule has 122 valence electrons. The Balaban J connectivity index is 3.02. The summed E-state index contributed by atoms with van der Waals surface area (Å²) in [6.07, 6.45) is 0.531. The Morgan fingerprint density at radius 3 is 2.00 bits per heavy atom. The van der Waals surface area contributed by atoms with Crippen LogP contribution in [-0.2, 0) is 10.0 Å². The first kappa shape index (κ1) is 17.9. The van der Waals surface area contributed by atoms with Crippen molar-refractivity contribution < 1.29 is 18.3 Å². The van der Waals surface area contributed by atoms with Crippen molar-refractivity contribution in [2.45, 2.75) is 11.3 Å². The second kappa shape index (κ2) is 7.24. The van der Waals surface area contributed by atoms with Gasteiger partial charge in [-0.1, -0.05) is 0 Å². The van der Waals surface area contributed by atoms with Crippen molar-refractivity contribution in [3.05, 3.63) is 38.4 Å². The fraction of sp³-hybridized carbons (Fsp3) is 0.455. The molecule has 0 heterocycles. The molecule has 1 aromatic carbocycles. The average molecular weight is 332 g/mol. The van der Waals surface area contributed by atoms with Crippen molar-refractivity contribution in [1.82, 2.24) is 9.62 Å². The van der Waals surface area contributed by atoms with E-state index in [0.717, 1.165) is 12.1 Å². The zero-order chi connectivity index (χ0) is 16.9. The smallest absolute Gasteiger partial charge is 0.277 e. The monoisotopic (exact) mass is 332 g/mol. The van der Waals surface area contributed by atoms with Gasteiger partial charge in [-0.3, -0.25) is 20.2 Å². The molecular formula is C11H16N4O6S. The highest BCUT2D eigenvalue weighted by Gasteiger charge is 2.23. The largest absolute Gasteiger partial charge is 0.309 e. The van der Waals surface area contributed by atoms with Gasteiger partial charge in [0.2, 0.25) is 10.0 Å². The molecule has 0 amide bonds. The molecule has 1 N–H and O–H groups in total. The van der Waals surface area contributed by atoms with E-state index in [-0.39, 0.29) is 6.54 Å². The van der Waals surface area contributed by atoms with E-state index in [0.29, 0.717) is 19.0 Å². The molecule has 22 heavy (non-hydrogen) atoms. The number of hydrogen-bond acceptors (Lipinski definition) is 7. The molecular weight excluding hydrogens is 316 g/mol. The number of nitrogens with zero attached hydrogens (tertiary/aromatic N) is 3. The molecule has 1 aromatic rings. The molecule has 0 spiro atoms. The lowest BCUT2D eigenvalue weighted by atomic mass is 10.3. The highest BCUT2D eigenvalue weighted by atomic mass is 32.2. The topological polar surface area (TPSA) is 136 Å². The molecule has 0 unspecified atom stereocenters. The Bertz CT molecular complexity index is 641. The third-order valence-electron chi connectivity index (χ3n) is 2.68. The summed E-state index contributed by atoms with van der Waals surface area (Å²) < 4.78 is 26.4. The Hall–Kier alpha value is -2.11. The van der Waals surface area contributed by atoms with Gasteiger partial charge < -0.3 is 4.90 Å². The molecule has 0 saturated heterocycles. The standard InChI is InChI=1S/C11H16N4O6S/c1-13(2)5-3-4-12-22(20,21)11-7-9(14(16)17)6-10(8-11)15(18)19/h6-8,12H,3-5H2,1-2H3. The first-order chi connectivity index (χ1) is 10.1. The highest BCUT2D eigenvalue weighted by Crippen LogP contribution is 2.25. The molecule has 0 radical (unpaired) electrons. The van der Waals surface area contributed by atoms with Gasteiger partial charge in [0.25, 0.3) is 11.4 Å². The van der Waals surface area contributed by atoms with Crippen LogP contribution in [0.1, 0.15) is 6.42 Å². The Morgan fingerprint density at radius 1 is 1.09 bits per heavy atom. The maximum absolute atomic E-state index is 12.1. The predicted octanol–water partition coefficient (Wildman–Crippen LogP) is 0.733. The quantitative estimate of drug-likeness (QED) is 0.421. The lowest BCUT2D eigenvalue weighted by Crippen LogP contribution is -2.27. The maximum atomic E-state index is 12.1. The second-order valence-corrected chi connectivity index (χ2v) is 6.52. The molecule has 0 aromatic heterocycles. The average Bonchev–Trinajstić information content (AvgIpc) is 2.42. The fourth-order valence-corrected chi connectivity index (χ4v) is 2.75. The van der Waals surface area contributed by atoms with Crippen LogP contribution in [0, 0.1) is 20.2 Å². The van der Waals surface area contributed by atoms with Gasteiger partial charge in [-0.2, -0.15) is 0 Å². The number of hydrogen-bond donors (Lipinski definition) is 1. The Labute approximate surface area is 127 Å². The minimum atomic E-state index is -4.05. The second-order valence-electron chi connectivity index (χ2n) is 4.75. The van der Waals surface area contributed by atoms with Crippen molar-refractivity contribution in [3.63, 3.8) is 0 Å². The lowest BCUT2D eigenvalue weighted by molar-refractivity contribution is -0.394. The number of benzene rings is 1. The molecule has 10 nitrogen and oxygen atoms in total. The third-order valence-corrected chi connectivity index (χ3v) is 4.12. The van der Waals surface area contributed by atoms with Crippen LogP contribution in [0.3, 0.4) is 0 Å². The molecule has 0 aliphatic rings. The van der Waals surface area contributed by atoms with Crippen molar-refractivity contribution in [3.8, 4) is 0 Å². The lowest BCUT2D eigenvalue weighted by Gasteiger charge is -2.10. The van der Waals surface area contributed by atoms with Gasteiger partial charge in [0, 0.05) is 18.7 Å². The van der Waals surface area contributed by atoms with Crippen LogP contribution >= 0.6 is 0 Å². The van der Waals surface area contributed by atoms with E-state index in [9.17, 15) is 28.6 Å². The minimum Gasteiger partial charge on any atom is -0.309 e. The van der Waals surface area contributed by atoms with Crippen LogP contribution in [0.2, 0.25) is 0 Å². The molecule has 0 bridgehead atoms. The number of sulfonamides is 1. The van der Waals surface area contributed by atoms with Gasteiger partial charge in [-0.05, 0) is 27.1 Å². The maximum Gasteiger partial charge on any atom is 0.277 e. The van der Waals surface area contributed by atoms with Crippen LogP contribution in [0.4, 0.5) is 11.4 Å². The van der Waals surface area contributed by atoms with Crippen LogP contribution in [0.15, 0.2) is 23.1 Å². The van der Waals surface area contributed by atoms with Crippen LogP contribution in [-0.4, -0.2) is 50.3 Å². The van der Waals surface area contributed by atoms with Gasteiger partial charge in [0.05, 0.1) is 20.8 Å². The predicted molar refractivity (Wildman–Crippen MR) is 78.1 cm³/mol. The molecule has 11 heteroatoms. The van der Waals surface area contributed by atoms with Crippen molar-refractivity contribution in [1.29, 1.82) is 0 Å². The molecule has 0 aliphatic heterocycles. The first-order valence-electron chi connectivity index (χ1n) is 6.22. The summed E-state index contributed by atoms with van der Waals surface area (Å²) >= 11 is 0. The third kappa shape index (κ3) is 5.02. The Kier molecular flexibility index (Phi) is 5.91. The summed E-state index contributed by atoms with van der Waals surface area (Å²) in [6.45, 7) is 0.772. The van der Waals surface area contributed by atoms with Gasteiger partial charge in [0.1, 0.15) is 0 Å². The molecule has 0 atom stereocenters. The van der Waals surface area contributed by atoms with E-state index in [1.165, 1.54) is 0 Å². The molecule has 1 rings (SSSR count). The van der Waals surface area contributed by atoms with Crippen LogP contribution in [0.5, 0.6) is 0 Å². The number of rotatable bonds is 8. The zero-order valence-corrected chi connectivity index (χ0v) is 12.9. The van der Waals surface area contributed by atoms with E-state index in [4.69, 9.17) is 0 Å². The summed E-state index contributed by atoms with van der Waals surface area (Å²) in [7, 11) is -0.384. The Morgan fingerprint density at radius 2 is 1.59 bits per heavy atom. The van der Waals surface area contributed by atoms with Crippen LogP contribution in [0.25, 0.3) is 0 Å². The zero-order valence-electron chi connectivity index (χ0n) is 12.1. The summed E-state index contributed by atoms with van der Waals surface area (Å²) in [4.78, 5) is 21.1. The van der Waals surface area contributed by atoms with Crippen molar-refractivity contribution >= 4 is 21.4 Å². The van der Waals surface area contributed by atoms with Gasteiger partial charge in [-0.25, -0.2) is 13.1 Å². The van der Waals surface area contributed by atoms with E-state index < -0.39 is 36.1 Å².